The zero-order chi connectivity index (χ0) is 18.2. The molecule has 2 N–H and O–H groups in total. The number of phenols is 1. The van der Waals surface area contributed by atoms with Crippen LogP contribution in [0.15, 0.2) is 23.4 Å². The Morgan fingerprint density at radius 1 is 0.800 bits per heavy atom. The minimum atomic E-state index is 0.185. The number of aryl methyl sites for hydroxylation is 1. The normalized spacial score (nSPS) is 11.4. The highest BCUT2D eigenvalue weighted by Crippen LogP contribution is 2.21. The number of hydrogen-bond acceptors (Lipinski definition) is 3. The Hall–Kier alpha value is -1.51. The first kappa shape index (κ1) is 21.5. The second-order valence-corrected chi connectivity index (χ2v) is 7.09. The molecule has 0 aliphatic rings. The first-order valence-electron chi connectivity index (χ1n) is 10.3. The van der Waals surface area contributed by atoms with E-state index >= 15 is 0 Å². The van der Waals surface area contributed by atoms with Crippen LogP contribution in [0.1, 0.15) is 102 Å². The quantitative estimate of drug-likeness (QED) is 0.158. The van der Waals surface area contributed by atoms with Gasteiger partial charge in [0.05, 0.1) is 6.21 Å². The van der Waals surface area contributed by atoms with Gasteiger partial charge >= 0.3 is 0 Å². The molecule has 0 radical (unpaired) electrons. The van der Waals surface area contributed by atoms with E-state index in [2.05, 4.69) is 12.1 Å². The lowest BCUT2D eigenvalue weighted by Crippen LogP contribution is -1.94. The third kappa shape index (κ3) is 10.2. The molecular weight excluding hydrogens is 310 g/mol. The molecule has 1 aromatic carbocycles. The highest BCUT2D eigenvalue weighted by Gasteiger charge is 2.05. The third-order valence-electron chi connectivity index (χ3n) is 4.91. The van der Waals surface area contributed by atoms with Gasteiger partial charge < -0.3 is 10.3 Å². The zero-order valence-corrected chi connectivity index (χ0v) is 16.1. The van der Waals surface area contributed by atoms with Gasteiger partial charge in [-0.1, -0.05) is 101 Å². The SMILES string of the molecule is CCCCCCCCCCCCCCCc1cccc(O)c1/C=N/O. The molecule has 0 saturated carbocycles. The molecule has 0 atom stereocenters. The van der Waals surface area contributed by atoms with Crippen LogP contribution in [0.4, 0.5) is 0 Å². The summed E-state index contributed by atoms with van der Waals surface area (Å²) in [5.74, 6) is 0.185. The van der Waals surface area contributed by atoms with Gasteiger partial charge in [-0.3, -0.25) is 0 Å². The van der Waals surface area contributed by atoms with E-state index in [1.807, 2.05) is 12.1 Å². The molecule has 1 rings (SSSR count). The maximum absolute atomic E-state index is 9.82. The van der Waals surface area contributed by atoms with Crippen LogP contribution in [0.2, 0.25) is 0 Å². The van der Waals surface area contributed by atoms with Crippen molar-refractivity contribution in [3.8, 4) is 5.75 Å². The molecule has 1 aromatic rings. The average Bonchev–Trinajstić information content (AvgIpc) is 2.61. The molecule has 0 saturated heterocycles. The van der Waals surface area contributed by atoms with E-state index in [1.165, 1.54) is 83.3 Å². The minimum Gasteiger partial charge on any atom is -0.507 e. The van der Waals surface area contributed by atoms with Crippen LogP contribution in [0, 0.1) is 0 Å². The van der Waals surface area contributed by atoms with E-state index in [0.717, 1.165) is 18.4 Å². The summed E-state index contributed by atoms with van der Waals surface area (Å²) in [5, 5.41) is 21.6. The van der Waals surface area contributed by atoms with Gasteiger partial charge in [-0.15, -0.1) is 0 Å². The van der Waals surface area contributed by atoms with Gasteiger partial charge in [0.2, 0.25) is 0 Å². The molecule has 25 heavy (non-hydrogen) atoms. The number of nitrogens with zero attached hydrogens (tertiary/aromatic N) is 1. The Labute approximate surface area is 154 Å². The highest BCUT2D eigenvalue weighted by molar-refractivity contribution is 5.85. The Morgan fingerprint density at radius 2 is 1.32 bits per heavy atom. The third-order valence-corrected chi connectivity index (χ3v) is 4.91. The fourth-order valence-corrected chi connectivity index (χ4v) is 3.36. The summed E-state index contributed by atoms with van der Waals surface area (Å²) >= 11 is 0. The average molecular weight is 348 g/mol. The van der Waals surface area contributed by atoms with Crippen molar-refractivity contribution in [2.75, 3.05) is 0 Å². The van der Waals surface area contributed by atoms with Crippen LogP contribution in [0.3, 0.4) is 0 Å². The van der Waals surface area contributed by atoms with Gasteiger partial charge in [-0.05, 0) is 24.5 Å². The van der Waals surface area contributed by atoms with Crippen LogP contribution >= 0.6 is 0 Å². The molecule has 0 heterocycles. The fraction of sp³-hybridized carbons (Fsp3) is 0.682. The number of aromatic hydroxyl groups is 1. The Balaban J connectivity index is 2.00. The van der Waals surface area contributed by atoms with Crippen LogP contribution in [-0.4, -0.2) is 16.5 Å². The predicted molar refractivity (Wildman–Crippen MR) is 107 cm³/mol. The van der Waals surface area contributed by atoms with Crippen LogP contribution in [0.5, 0.6) is 5.75 Å². The molecule has 0 aliphatic heterocycles. The molecule has 0 unspecified atom stereocenters. The number of oxime groups is 1. The monoisotopic (exact) mass is 347 g/mol. The summed E-state index contributed by atoms with van der Waals surface area (Å²) in [7, 11) is 0. The summed E-state index contributed by atoms with van der Waals surface area (Å²) in [5.41, 5.74) is 1.70. The molecule has 0 spiro atoms. The number of hydrogen-bond donors (Lipinski definition) is 2. The molecule has 0 bridgehead atoms. The molecule has 3 nitrogen and oxygen atoms in total. The summed E-state index contributed by atoms with van der Waals surface area (Å²) in [6.07, 6.45) is 19.8. The van der Waals surface area contributed by atoms with E-state index in [1.54, 1.807) is 6.07 Å². The largest absolute Gasteiger partial charge is 0.507 e. The Morgan fingerprint density at radius 3 is 1.84 bits per heavy atom. The number of unbranched alkanes of at least 4 members (excludes halogenated alkanes) is 12. The van der Waals surface area contributed by atoms with Crippen molar-refractivity contribution in [3.63, 3.8) is 0 Å². The summed E-state index contributed by atoms with van der Waals surface area (Å²) in [6, 6.07) is 5.48. The zero-order valence-electron chi connectivity index (χ0n) is 16.1. The maximum Gasteiger partial charge on any atom is 0.124 e. The van der Waals surface area contributed by atoms with Crippen LogP contribution in [-0.2, 0) is 6.42 Å². The smallest absolute Gasteiger partial charge is 0.124 e. The fourth-order valence-electron chi connectivity index (χ4n) is 3.36. The maximum atomic E-state index is 9.82. The molecule has 0 amide bonds. The molecule has 0 aromatic heterocycles. The number of benzene rings is 1. The van der Waals surface area contributed by atoms with Gasteiger partial charge in [0.1, 0.15) is 5.75 Å². The first-order valence-corrected chi connectivity index (χ1v) is 10.3. The molecular formula is C22H37NO2. The Kier molecular flexibility index (Phi) is 12.7. The van der Waals surface area contributed by atoms with Gasteiger partial charge in [-0.2, -0.15) is 0 Å². The molecule has 3 heteroatoms. The second-order valence-electron chi connectivity index (χ2n) is 7.09. The van der Waals surface area contributed by atoms with Crippen LogP contribution < -0.4 is 0 Å². The van der Waals surface area contributed by atoms with Crippen LogP contribution in [0.25, 0.3) is 0 Å². The lowest BCUT2D eigenvalue weighted by atomic mass is 10.00. The van der Waals surface area contributed by atoms with E-state index in [-0.39, 0.29) is 5.75 Å². The molecule has 0 fully saturated rings. The van der Waals surface area contributed by atoms with Crippen molar-refractivity contribution < 1.29 is 10.3 Å². The van der Waals surface area contributed by atoms with Gasteiger partial charge in [0.25, 0.3) is 0 Å². The van der Waals surface area contributed by atoms with Gasteiger partial charge in [-0.25, -0.2) is 0 Å². The summed E-state index contributed by atoms with van der Waals surface area (Å²) in [6.45, 7) is 2.27. The van der Waals surface area contributed by atoms with E-state index in [9.17, 15) is 5.11 Å². The van der Waals surface area contributed by atoms with Crippen molar-refractivity contribution >= 4 is 6.21 Å². The van der Waals surface area contributed by atoms with E-state index in [0.29, 0.717) is 5.56 Å². The lowest BCUT2D eigenvalue weighted by Gasteiger charge is -2.07. The number of rotatable bonds is 15. The second kappa shape index (κ2) is 14.8. The topological polar surface area (TPSA) is 52.8 Å². The lowest BCUT2D eigenvalue weighted by molar-refractivity contribution is 0.321. The van der Waals surface area contributed by atoms with E-state index in [4.69, 9.17) is 5.21 Å². The molecule has 142 valence electrons. The van der Waals surface area contributed by atoms with Crippen molar-refractivity contribution in [3.05, 3.63) is 29.3 Å². The molecule has 0 aliphatic carbocycles. The van der Waals surface area contributed by atoms with Crippen molar-refractivity contribution in [1.82, 2.24) is 0 Å². The van der Waals surface area contributed by atoms with Crippen molar-refractivity contribution in [2.24, 2.45) is 5.16 Å². The van der Waals surface area contributed by atoms with Gasteiger partial charge in [0.15, 0.2) is 0 Å². The number of phenolic OH excluding ortho intramolecular Hbond substituents is 1. The van der Waals surface area contributed by atoms with Crippen molar-refractivity contribution in [1.29, 1.82) is 0 Å². The summed E-state index contributed by atoms with van der Waals surface area (Å²) in [4.78, 5) is 0. The minimum absolute atomic E-state index is 0.185. The van der Waals surface area contributed by atoms with Gasteiger partial charge in [0, 0.05) is 5.56 Å². The summed E-state index contributed by atoms with van der Waals surface area (Å²) < 4.78 is 0. The Bertz CT molecular complexity index is 471. The predicted octanol–water partition coefficient (Wildman–Crippen LogP) is 6.83. The highest BCUT2D eigenvalue weighted by atomic mass is 16.4. The standard InChI is InChI=1S/C22H37NO2/c1-2-3-4-5-6-7-8-9-10-11-12-13-14-16-20-17-15-18-22(24)21(20)19-23-25/h15,17-19,24-25H,2-14,16H2,1H3/b23-19+. The first-order chi connectivity index (χ1) is 12.3. The van der Waals surface area contributed by atoms with Crippen molar-refractivity contribution in [2.45, 2.75) is 96.8 Å². The van der Waals surface area contributed by atoms with E-state index < -0.39 is 0 Å².